The van der Waals surface area contributed by atoms with Crippen molar-refractivity contribution in [1.29, 1.82) is 0 Å². The summed E-state index contributed by atoms with van der Waals surface area (Å²) in [5.41, 5.74) is 9.29. The Kier molecular flexibility index (Phi) is 5.65. The highest BCUT2D eigenvalue weighted by molar-refractivity contribution is 7.91. The average Bonchev–Trinajstić information content (AvgIpc) is 3.58. The molecule has 2 aromatic heterocycles. The molecule has 1 aromatic carbocycles. The molecule has 7 rings (SSSR count). The van der Waals surface area contributed by atoms with Crippen molar-refractivity contribution in [3.05, 3.63) is 36.8 Å². The van der Waals surface area contributed by atoms with Gasteiger partial charge in [0.25, 0.3) is 0 Å². The van der Waals surface area contributed by atoms with Crippen LogP contribution in [0.25, 0.3) is 22.2 Å². The molecule has 9 heteroatoms. The largest absolute Gasteiger partial charge is 0.616 e. The molecule has 1 saturated carbocycles. The van der Waals surface area contributed by atoms with Crippen LogP contribution in [0.3, 0.4) is 0 Å². The maximum absolute atomic E-state index is 11.7. The van der Waals surface area contributed by atoms with Crippen molar-refractivity contribution >= 4 is 28.0 Å². The minimum absolute atomic E-state index is 0.0981. The summed E-state index contributed by atoms with van der Waals surface area (Å²) in [7, 11) is 0. The molecule has 4 fully saturated rings. The number of benzene rings is 1. The molecule has 0 spiro atoms. The van der Waals surface area contributed by atoms with Gasteiger partial charge in [-0.25, -0.2) is 9.97 Å². The first kappa shape index (κ1) is 22.8. The van der Waals surface area contributed by atoms with Gasteiger partial charge in [0.2, 0.25) is 0 Å². The molecule has 36 heavy (non-hydrogen) atoms. The number of hydrogen-bond donors (Lipinski definition) is 1. The van der Waals surface area contributed by atoms with Gasteiger partial charge in [0, 0.05) is 36.9 Å². The van der Waals surface area contributed by atoms with E-state index < -0.39 is 11.2 Å². The molecule has 2 N–H and O–H groups in total. The molecule has 0 atom stereocenters. The van der Waals surface area contributed by atoms with Gasteiger partial charge < -0.3 is 24.3 Å². The predicted molar refractivity (Wildman–Crippen MR) is 140 cm³/mol. The van der Waals surface area contributed by atoms with Crippen LogP contribution < -0.4 is 10.5 Å². The second-order valence-corrected chi connectivity index (χ2v) is 12.6. The molecule has 0 radical (unpaired) electrons. The van der Waals surface area contributed by atoms with Gasteiger partial charge in [0.15, 0.2) is 0 Å². The molecule has 5 heterocycles. The van der Waals surface area contributed by atoms with Gasteiger partial charge in [0.1, 0.15) is 47.3 Å². The fourth-order valence-electron chi connectivity index (χ4n) is 6.56. The predicted octanol–water partition coefficient (Wildman–Crippen LogP) is 3.54. The molecule has 0 unspecified atom stereocenters. The quantitative estimate of drug-likeness (QED) is 0.509. The molecule has 8 nitrogen and oxygen atoms in total. The highest BCUT2D eigenvalue weighted by Crippen LogP contribution is 2.45. The summed E-state index contributed by atoms with van der Waals surface area (Å²) in [5.74, 6) is 2.95. The number of hydrogen-bond acceptors (Lipinski definition) is 7. The van der Waals surface area contributed by atoms with Crippen LogP contribution in [-0.4, -0.2) is 72.9 Å². The van der Waals surface area contributed by atoms with Gasteiger partial charge in [0.05, 0.1) is 11.5 Å². The van der Waals surface area contributed by atoms with Crippen LogP contribution in [0.15, 0.2) is 36.8 Å². The summed E-state index contributed by atoms with van der Waals surface area (Å²) >= 11 is -0.640. The van der Waals surface area contributed by atoms with E-state index in [0.717, 1.165) is 91.0 Å². The molecule has 2 bridgehead atoms. The fourth-order valence-corrected chi connectivity index (χ4v) is 7.64. The summed E-state index contributed by atoms with van der Waals surface area (Å²) < 4.78 is 26.5. The van der Waals surface area contributed by atoms with Gasteiger partial charge >= 0.3 is 0 Å². The SMILES string of the molecule is Nc1ncnc2c1c(-c1cccc(OCC34CCC(CC3)O4)c1)cn2[C@H]1C[C@@H](N2CC[S+]([O-])CC2)C1. The monoisotopic (exact) mass is 507 g/mol. The maximum Gasteiger partial charge on any atom is 0.146 e. The Balaban J connectivity index is 1.13. The molecule has 3 aromatic rings. The summed E-state index contributed by atoms with van der Waals surface area (Å²) in [5, 5.41) is 0.905. The van der Waals surface area contributed by atoms with E-state index >= 15 is 0 Å². The minimum Gasteiger partial charge on any atom is -0.616 e. The first-order chi connectivity index (χ1) is 17.6. The van der Waals surface area contributed by atoms with Crippen molar-refractivity contribution < 1.29 is 14.0 Å². The number of rotatable bonds is 6. The number of ether oxygens (including phenoxy) is 2. The van der Waals surface area contributed by atoms with Gasteiger partial charge in [-0.3, -0.25) is 4.90 Å². The first-order valence-electron chi connectivity index (χ1n) is 13.2. The normalized spacial score (nSPS) is 30.6. The Hall–Kier alpha value is -2.33. The Morgan fingerprint density at radius 1 is 1.14 bits per heavy atom. The highest BCUT2D eigenvalue weighted by Gasteiger charge is 2.46. The zero-order valence-corrected chi connectivity index (χ0v) is 21.3. The van der Waals surface area contributed by atoms with Crippen molar-refractivity contribution in [2.75, 3.05) is 36.9 Å². The van der Waals surface area contributed by atoms with Crippen LogP contribution in [0.5, 0.6) is 5.75 Å². The Bertz CT molecular complexity index is 1260. The van der Waals surface area contributed by atoms with Crippen molar-refractivity contribution in [3.8, 4) is 16.9 Å². The molecular weight excluding hydrogens is 474 g/mol. The van der Waals surface area contributed by atoms with Crippen molar-refractivity contribution in [3.63, 3.8) is 0 Å². The van der Waals surface area contributed by atoms with E-state index in [4.69, 9.17) is 15.2 Å². The number of aromatic nitrogens is 3. The van der Waals surface area contributed by atoms with Gasteiger partial charge in [-0.05, 0) is 56.2 Å². The fraction of sp³-hybridized carbons (Fsp3) is 0.556. The average molecular weight is 508 g/mol. The summed E-state index contributed by atoms with van der Waals surface area (Å²) in [6, 6.07) is 9.19. The second-order valence-electron chi connectivity index (χ2n) is 10.9. The van der Waals surface area contributed by atoms with Gasteiger partial charge in [-0.2, -0.15) is 0 Å². The summed E-state index contributed by atoms with van der Waals surface area (Å²) in [6.45, 7) is 2.49. The molecule has 1 aliphatic carbocycles. The lowest BCUT2D eigenvalue weighted by Crippen LogP contribution is -2.51. The smallest absolute Gasteiger partial charge is 0.146 e. The zero-order chi connectivity index (χ0) is 24.3. The highest BCUT2D eigenvalue weighted by atomic mass is 32.2. The third-order valence-corrected chi connectivity index (χ3v) is 10.0. The van der Waals surface area contributed by atoms with Crippen LogP contribution in [0.1, 0.15) is 44.6 Å². The zero-order valence-electron chi connectivity index (χ0n) is 20.5. The van der Waals surface area contributed by atoms with E-state index in [1.54, 1.807) is 6.33 Å². The molecule has 3 aliphatic heterocycles. The van der Waals surface area contributed by atoms with Gasteiger partial charge in [-0.1, -0.05) is 23.3 Å². The molecule has 3 saturated heterocycles. The lowest BCUT2D eigenvalue weighted by molar-refractivity contribution is -0.0198. The van der Waals surface area contributed by atoms with E-state index in [1.807, 2.05) is 12.1 Å². The number of anilines is 1. The van der Waals surface area contributed by atoms with E-state index in [1.165, 1.54) is 0 Å². The first-order valence-corrected chi connectivity index (χ1v) is 14.7. The number of nitrogens with zero attached hydrogens (tertiary/aromatic N) is 4. The lowest BCUT2D eigenvalue weighted by atomic mass is 9.85. The van der Waals surface area contributed by atoms with Crippen molar-refractivity contribution in [2.45, 2.75) is 62.3 Å². The molecule has 4 aliphatic rings. The molecular formula is C27H33N5O3S. The van der Waals surface area contributed by atoms with Crippen LogP contribution in [-0.2, 0) is 15.9 Å². The minimum atomic E-state index is -0.640. The number of fused-ring (bicyclic) bond motifs is 3. The second kappa shape index (κ2) is 8.90. The van der Waals surface area contributed by atoms with E-state index in [9.17, 15) is 4.55 Å². The van der Waals surface area contributed by atoms with Crippen LogP contribution in [0, 0.1) is 0 Å². The van der Waals surface area contributed by atoms with E-state index in [-0.39, 0.29) is 5.60 Å². The standard InChI is InChI=1S/C27H33N5O3S/c28-25-24-23(18-2-1-3-22(12-18)34-16-27-6-4-21(35-27)5-7-27)15-32(26(24)30-17-29-25)20-13-19(14-20)31-8-10-36(33)11-9-31/h1-3,12,15,17,19-21H,4-11,13-14,16H2,(H2,28,29,30)/t19-,20+,21?,27?. The van der Waals surface area contributed by atoms with E-state index in [2.05, 4.69) is 37.8 Å². The third-order valence-electron chi connectivity index (χ3n) is 8.76. The molecule has 190 valence electrons. The van der Waals surface area contributed by atoms with Crippen molar-refractivity contribution in [2.24, 2.45) is 0 Å². The van der Waals surface area contributed by atoms with Gasteiger partial charge in [-0.15, -0.1) is 0 Å². The maximum atomic E-state index is 11.7. The van der Waals surface area contributed by atoms with E-state index in [0.29, 0.717) is 30.6 Å². The summed E-state index contributed by atoms with van der Waals surface area (Å²) in [6.07, 6.45) is 10.8. The number of nitrogens with two attached hydrogens (primary N) is 1. The third kappa shape index (κ3) is 3.97. The number of nitrogen functional groups attached to an aromatic ring is 1. The topological polar surface area (TPSA) is 101 Å². The van der Waals surface area contributed by atoms with Crippen LogP contribution >= 0.6 is 0 Å². The molecule has 0 amide bonds. The Labute approximate surface area is 214 Å². The summed E-state index contributed by atoms with van der Waals surface area (Å²) in [4.78, 5) is 11.5. The lowest BCUT2D eigenvalue weighted by Gasteiger charge is -2.44. The van der Waals surface area contributed by atoms with Crippen LogP contribution in [0.4, 0.5) is 5.82 Å². The van der Waals surface area contributed by atoms with Crippen molar-refractivity contribution in [1.82, 2.24) is 19.4 Å². The van der Waals surface area contributed by atoms with Crippen LogP contribution in [0.2, 0.25) is 0 Å². The Morgan fingerprint density at radius 2 is 1.94 bits per heavy atom. The Morgan fingerprint density at radius 3 is 2.69 bits per heavy atom.